The first-order chi connectivity index (χ1) is 4.99. The third kappa shape index (κ3) is 9.31. The molecule has 68 valence electrons. The van der Waals surface area contributed by atoms with E-state index < -0.39 is 10.1 Å². The van der Waals surface area contributed by atoms with Crippen LogP contribution in [-0.4, -0.2) is 31.0 Å². The van der Waals surface area contributed by atoms with Gasteiger partial charge >= 0.3 is 29.6 Å². The SMILES string of the molecule is NCC(CS)CCS(=O)(=O)[O-].[Na+]. The monoisotopic (exact) mass is 221 g/mol. The van der Waals surface area contributed by atoms with E-state index in [0.717, 1.165) is 0 Å². The molecule has 0 amide bonds. The molecule has 0 fully saturated rings. The molecule has 0 aromatic rings. The number of thiol groups is 1. The van der Waals surface area contributed by atoms with Gasteiger partial charge in [0, 0.05) is 5.75 Å². The Kier molecular flexibility index (Phi) is 9.94. The maximum Gasteiger partial charge on any atom is 1.00 e. The van der Waals surface area contributed by atoms with E-state index >= 15 is 0 Å². The Hall–Kier alpha value is 1.22. The molecule has 0 aliphatic carbocycles. The first-order valence-electron chi connectivity index (χ1n) is 3.24. The molecule has 0 aromatic carbocycles. The zero-order valence-corrected chi connectivity index (χ0v) is 10.8. The number of nitrogens with two attached hydrogens (primary N) is 1. The summed E-state index contributed by atoms with van der Waals surface area (Å²) in [6.07, 6.45) is 0.311. The molecule has 0 rings (SSSR count). The summed E-state index contributed by atoms with van der Waals surface area (Å²) in [6.45, 7) is 0.374. The Morgan fingerprint density at radius 2 is 2.00 bits per heavy atom. The van der Waals surface area contributed by atoms with Crippen molar-refractivity contribution in [3.05, 3.63) is 0 Å². The molecule has 0 saturated carbocycles. The smallest absolute Gasteiger partial charge is 0.748 e. The second kappa shape index (κ2) is 7.61. The molecule has 1 atom stereocenters. The quantitative estimate of drug-likeness (QED) is 0.286. The van der Waals surface area contributed by atoms with Crippen LogP contribution in [0.4, 0.5) is 0 Å². The van der Waals surface area contributed by atoms with E-state index in [1.165, 1.54) is 0 Å². The summed E-state index contributed by atoms with van der Waals surface area (Å²) in [5.74, 6) is 0.212. The molecule has 12 heavy (non-hydrogen) atoms. The summed E-state index contributed by atoms with van der Waals surface area (Å²) in [6, 6.07) is 0. The zero-order chi connectivity index (χ0) is 8.91. The Balaban J connectivity index is 0. The van der Waals surface area contributed by atoms with E-state index in [1.807, 2.05) is 0 Å². The Morgan fingerprint density at radius 3 is 2.25 bits per heavy atom. The Labute approximate surface area is 101 Å². The third-order valence-corrected chi connectivity index (χ3v) is 2.62. The molecular formula is C5H12NNaO3S2. The number of hydrogen-bond donors (Lipinski definition) is 2. The van der Waals surface area contributed by atoms with Gasteiger partial charge in [0.15, 0.2) is 0 Å². The van der Waals surface area contributed by atoms with Crippen LogP contribution in [0.15, 0.2) is 0 Å². The van der Waals surface area contributed by atoms with E-state index in [-0.39, 0.29) is 41.2 Å². The molecule has 1 unspecified atom stereocenters. The van der Waals surface area contributed by atoms with Gasteiger partial charge in [0.25, 0.3) is 0 Å². The standard InChI is InChI=1S/C5H13NO3S2.Na/c6-3-5(4-10)1-2-11(7,8)9;/h5,10H,1-4,6H2,(H,7,8,9);/q;+1/p-1. The minimum atomic E-state index is -4.08. The van der Waals surface area contributed by atoms with Gasteiger partial charge in [-0.3, -0.25) is 0 Å². The van der Waals surface area contributed by atoms with Crippen molar-refractivity contribution < 1.29 is 42.5 Å². The van der Waals surface area contributed by atoms with E-state index in [4.69, 9.17) is 5.73 Å². The molecule has 0 radical (unpaired) electrons. The molecule has 2 N–H and O–H groups in total. The van der Waals surface area contributed by atoms with Crippen LogP contribution in [0, 0.1) is 5.92 Å². The summed E-state index contributed by atoms with van der Waals surface area (Å²) in [7, 11) is -4.08. The molecule has 7 heteroatoms. The van der Waals surface area contributed by atoms with E-state index in [9.17, 15) is 13.0 Å². The number of hydrogen-bond acceptors (Lipinski definition) is 5. The Bertz CT molecular complexity index is 191. The van der Waals surface area contributed by atoms with Crippen molar-refractivity contribution >= 4 is 22.7 Å². The fourth-order valence-electron chi connectivity index (χ4n) is 0.595. The first kappa shape index (κ1) is 15.7. The molecule has 0 spiro atoms. The summed E-state index contributed by atoms with van der Waals surface area (Å²) in [5.41, 5.74) is 5.27. The maximum atomic E-state index is 10.1. The van der Waals surface area contributed by atoms with Gasteiger partial charge in [-0.1, -0.05) is 0 Å². The molecule has 0 aromatic heterocycles. The first-order valence-corrected chi connectivity index (χ1v) is 5.45. The van der Waals surface area contributed by atoms with Crippen molar-refractivity contribution in [1.82, 2.24) is 0 Å². The molecule has 0 aliphatic heterocycles. The summed E-state index contributed by atoms with van der Waals surface area (Å²) in [5, 5.41) is 0. The minimum Gasteiger partial charge on any atom is -0.748 e. The molecular weight excluding hydrogens is 209 g/mol. The minimum absolute atomic E-state index is 0. The second-order valence-electron chi connectivity index (χ2n) is 2.33. The van der Waals surface area contributed by atoms with Crippen molar-refractivity contribution in [3.8, 4) is 0 Å². The fourth-order valence-corrected chi connectivity index (χ4v) is 1.55. The maximum absolute atomic E-state index is 10.1. The molecule has 0 aliphatic rings. The summed E-state index contributed by atoms with van der Waals surface area (Å²) >= 11 is 3.95. The molecule has 4 nitrogen and oxygen atoms in total. The van der Waals surface area contributed by atoms with Gasteiger partial charge in [0.05, 0.1) is 10.1 Å². The van der Waals surface area contributed by atoms with Crippen LogP contribution >= 0.6 is 12.6 Å². The predicted octanol–water partition coefficient (Wildman–Crippen LogP) is -3.57. The third-order valence-electron chi connectivity index (χ3n) is 1.37. The van der Waals surface area contributed by atoms with Crippen molar-refractivity contribution in [2.45, 2.75) is 6.42 Å². The Morgan fingerprint density at radius 1 is 1.50 bits per heavy atom. The van der Waals surface area contributed by atoms with Crippen LogP contribution in [0.1, 0.15) is 6.42 Å². The van der Waals surface area contributed by atoms with Gasteiger partial charge in [0.2, 0.25) is 0 Å². The van der Waals surface area contributed by atoms with Crippen LogP contribution in [0.25, 0.3) is 0 Å². The summed E-state index contributed by atoms with van der Waals surface area (Å²) < 4.78 is 30.4. The average Bonchev–Trinajstić information content (AvgIpc) is 1.88. The molecule has 0 bridgehead atoms. The van der Waals surface area contributed by atoms with Gasteiger partial charge < -0.3 is 10.3 Å². The van der Waals surface area contributed by atoms with Gasteiger partial charge in [-0.25, -0.2) is 8.42 Å². The van der Waals surface area contributed by atoms with Crippen LogP contribution in [0.3, 0.4) is 0 Å². The normalized spacial score (nSPS) is 13.6. The van der Waals surface area contributed by atoms with Crippen LogP contribution in [-0.2, 0) is 10.1 Å². The van der Waals surface area contributed by atoms with Crippen molar-refractivity contribution in [3.63, 3.8) is 0 Å². The van der Waals surface area contributed by atoms with E-state index in [1.54, 1.807) is 0 Å². The van der Waals surface area contributed by atoms with Gasteiger partial charge in [-0.05, 0) is 24.6 Å². The largest absolute Gasteiger partial charge is 1.00 e. The van der Waals surface area contributed by atoms with Gasteiger partial charge in [0.1, 0.15) is 0 Å². The van der Waals surface area contributed by atoms with Crippen LogP contribution < -0.4 is 35.3 Å². The van der Waals surface area contributed by atoms with Gasteiger partial charge in [-0.2, -0.15) is 12.6 Å². The van der Waals surface area contributed by atoms with Crippen molar-refractivity contribution in [2.24, 2.45) is 11.7 Å². The number of rotatable bonds is 5. The van der Waals surface area contributed by atoms with Crippen molar-refractivity contribution in [2.75, 3.05) is 18.1 Å². The average molecular weight is 221 g/mol. The van der Waals surface area contributed by atoms with Crippen molar-refractivity contribution in [1.29, 1.82) is 0 Å². The topological polar surface area (TPSA) is 83.2 Å². The van der Waals surface area contributed by atoms with Crippen LogP contribution in [0.5, 0.6) is 0 Å². The molecule has 0 heterocycles. The summed E-state index contributed by atoms with van der Waals surface area (Å²) in [4.78, 5) is 0. The van der Waals surface area contributed by atoms with E-state index in [2.05, 4.69) is 12.6 Å². The second-order valence-corrected chi connectivity index (χ2v) is 4.22. The van der Waals surface area contributed by atoms with Gasteiger partial charge in [-0.15, -0.1) is 0 Å². The zero-order valence-electron chi connectivity index (χ0n) is 7.06. The predicted molar refractivity (Wildman–Crippen MR) is 45.6 cm³/mol. The van der Waals surface area contributed by atoms with Crippen LogP contribution in [0.2, 0.25) is 0 Å². The fraction of sp³-hybridized carbons (Fsp3) is 1.00. The molecule has 0 saturated heterocycles. The van der Waals surface area contributed by atoms with E-state index in [0.29, 0.717) is 18.7 Å².